The van der Waals surface area contributed by atoms with Crippen molar-refractivity contribution in [2.45, 2.75) is 19.9 Å². The lowest BCUT2D eigenvalue weighted by atomic mass is 10.2. The Balaban J connectivity index is 2.45. The number of hydrogen-bond donors (Lipinski definition) is 1. The van der Waals surface area contributed by atoms with Crippen LogP contribution in [0.3, 0.4) is 0 Å². The standard InChI is InChI=1S/C11H11F4N5/c1-2-3-16-5-8-17-18-19-20(8)11-9(14)6(12)4-7(13)10(11)15/h4,16H,2-3,5H2,1H3. The number of benzene rings is 1. The predicted molar refractivity (Wildman–Crippen MR) is 61.0 cm³/mol. The van der Waals surface area contributed by atoms with Gasteiger partial charge in [-0.25, -0.2) is 17.6 Å². The van der Waals surface area contributed by atoms with E-state index in [1.54, 1.807) is 0 Å². The summed E-state index contributed by atoms with van der Waals surface area (Å²) in [5.41, 5.74) is -0.971. The van der Waals surface area contributed by atoms with Crippen LogP contribution >= 0.6 is 0 Å². The highest BCUT2D eigenvalue weighted by molar-refractivity contribution is 5.36. The van der Waals surface area contributed by atoms with Gasteiger partial charge in [0, 0.05) is 6.07 Å². The van der Waals surface area contributed by atoms with E-state index in [2.05, 4.69) is 20.8 Å². The maximum Gasteiger partial charge on any atom is 0.187 e. The molecule has 0 aliphatic carbocycles. The fourth-order valence-electron chi connectivity index (χ4n) is 1.61. The summed E-state index contributed by atoms with van der Waals surface area (Å²) in [5.74, 6) is -6.08. The van der Waals surface area contributed by atoms with Crippen molar-refractivity contribution in [3.05, 3.63) is 35.2 Å². The maximum absolute atomic E-state index is 13.7. The minimum absolute atomic E-state index is 0.0428. The molecule has 2 rings (SSSR count). The fraction of sp³-hybridized carbons (Fsp3) is 0.364. The molecule has 0 aliphatic rings. The molecule has 1 aromatic carbocycles. The number of nitrogens with one attached hydrogen (secondary N) is 1. The second-order valence-corrected chi connectivity index (χ2v) is 4.00. The molecule has 0 spiro atoms. The number of nitrogens with zero attached hydrogens (tertiary/aromatic N) is 4. The highest BCUT2D eigenvalue weighted by atomic mass is 19.2. The minimum Gasteiger partial charge on any atom is -0.310 e. The van der Waals surface area contributed by atoms with Crippen molar-refractivity contribution in [3.8, 4) is 5.69 Å². The van der Waals surface area contributed by atoms with Crippen LogP contribution in [-0.2, 0) is 6.54 Å². The molecule has 0 fully saturated rings. The number of rotatable bonds is 5. The van der Waals surface area contributed by atoms with E-state index < -0.39 is 29.0 Å². The maximum atomic E-state index is 13.7. The predicted octanol–water partition coefficient (Wildman–Crippen LogP) is 1.72. The van der Waals surface area contributed by atoms with Crippen LogP contribution in [0.4, 0.5) is 17.6 Å². The lowest BCUT2D eigenvalue weighted by Gasteiger charge is -2.08. The largest absolute Gasteiger partial charge is 0.310 e. The zero-order chi connectivity index (χ0) is 14.7. The number of aromatic nitrogens is 4. The SMILES string of the molecule is CCCNCc1nnnn1-c1c(F)c(F)cc(F)c1F. The van der Waals surface area contributed by atoms with E-state index in [-0.39, 0.29) is 18.4 Å². The molecule has 0 unspecified atom stereocenters. The van der Waals surface area contributed by atoms with Crippen molar-refractivity contribution in [2.75, 3.05) is 6.54 Å². The Morgan fingerprint density at radius 3 is 2.40 bits per heavy atom. The van der Waals surface area contributed by atoms with Gasteiger partial charge in [-0.3, -0.25) is 0 Å². The molecule has 0 radical (unpaired) electrons. The third-order valence-corrected chi connectivity index (χ3v) is 2.54. The molecule has 0 amide bonds. The molecule has 0 atom stereocenters. The van der Waals surface area contributed by atoms with Crippen LogP contribution in [0, 0.1) is 23.3 Å². The Morgan fingerprint density at radius 1 is 1.15 bits per heavy atom. The second-order valence-electron chi connectivity index (χ2n) is 4.00. The first kappa shape index (κ1) is 14.4. The van der Waals surface area contributed by atoms with Gasteiger partial charge in [-0.2, -0.15) is 4.68 Å². The van der Waals surface area contributed by atoms with Gasteiger partial charge in [0.2, 0.25) is 0 Å². The molecule has 0 saturated heterocycles. The third kappa shape index (κ3) is 2.62. The molecular formula is C11H11F4N5. The summed E-state index contributed by atoms with van der Waals surface area (Å²) in [5, 5.41) is 13.1. The Morgan fingerprint density at radius 2 is 1.80 bits per heavy atom. The van der Waals surface area contributed by atoms with E-state index in [1.807, 2.05) is 6.92 Å². The topological polar surface area (TPSA) is 55.6 Å². The van der Waals surface area contributed by atoms with Crippen LogP contribution in [0.5, 0.6) is 0 Å². The van der Waals surface area contributed by atoms with E-state index in [9.17, 15) is 17.6 Å². The quantitative estimate of drug-likeness (QED) is 0.517. The van der Waals surface area contributed by atoms with Crippen molar-refractivity contribution in [1.29, 1.82) is 0 Å². The molecule has 9 heteroatoms. The van der Waals surface area contributed by atoms with Gasteiger partial charge in [0.1, 0.15) is 5.69 Å². The molecule has 1 N–H and O–H groups in total. The molecular weight excluding hydrogens is 278 g/mol. The molecule has 20 heavy (non-hydrogen) atoms. The summed E-state index contributed by atoms with van der Waals surface area (Å²) in [6, 6.07) is 0.132. The molecule has 1 heterocycles. The van der Waals surface area contributed by atoms with Crippen LogP contribution in [0.2, 0.25) is 0 Å². The zero-order valence-electron chi connectivity index (χ0n) is 10.5. The van der Waals surface area contributed by atoms with Gasteiger partial charge in [-0.05, 0) is 23.4 Å². The van der Waals surface area contributed by atoms with Crippen LogP contribution in [-0.4, -0.2) is 26.8 Å². The monoisotopic (exact) mass is 289 g/mol. The van der Waals surface area contributed by atoms with Gasteiger partial charge >= 0.3 is 0 Å². The number of hydrogen-bond acceptors (Lipinski definition) is 4. The Labute approximate surface area is 111 Å². The van der Waals surface area contributed by atoms with E-state index in [0.29, 0.717) is 11.2 Å². The molecule has 0 saturated carbocycles. The van der Waals surface area contributed by atoms with Crippen molar-refractivity contribution in [3.63, 3.8) is 0 Å². The summed E-state index contributed by atoms with van der Waals surface area (Å²) in [6.45, 7) is 2.67. The summed E-state index contributed by atoms with van der Waals surface area (Å²) < 4.78 is 54.3. The zero-order valence-corrected chi connectivity index (χ0v) is 10.5. The molecule has 0 aliphatic heterocycles. The lowest BCUT2D eigenvalue weighted by molar-refractivity contribution is 0.440. The van der Waals surface area contributed by atoms with Gasteiger partial charge in [0.25, 0.3) is 0 Å². The van der Waals surface area contributed by atoms with Gasteiger partial charge in [0.05, 0.1) is 6.54 Å². The third-order valence-electron chi connectivity index (χ3n) is 2.54. The normalized spacial score (nSPS) is 11.1. The first-order chi connectivity index (χ1) is 9.56. The molecule has 108 valence electrons. The van der Waals surface area contributed by atoms with Crippen molar-refractivity contribution in [2.24, 2.45) is 0 Å². The van der Waals surface area contributed by atoms with E-state index >= 15 is 0 Å². The van der Waals surface area contributed by atoms with Crippen molar-refractivity contribution >= 4 is 0 Å². The fourth-order valence-corrected chi connectivity index (χ4v) is 1.61. The Kier molecular flexibility index (Phi) is 4.28. The van der Waals surface area contributed by atoms with E-state index in [4.69, 9.17) is 0 Å². The van der Waals surface area contributed by atoms with Crippen molar-refractivity contribution < 1.29 is 17.6 Å². The van der Waals surface area contributed by atoms with Gasteiger partial charge in [0.15, 0.2) is 29.1 Å². The van der Waals surface area contributed by atoms with Crippen LogP contribution < -0.4 is 5.32 Å². The minimum atomic E-state index is -1.55. The molecule has 1 aromatic heterocycles. The molecule has 5 nitrogen and oxygen atoms in total. The average molecular weight is 289 g/mol. The highest BCUT2D eigenvalue weighted by Gasteiger charge is 2.23. The van der Waals surface area contributed by atoms with Crippen LogP contribution in [0.25, 0.3) is 5.69 Å². The number of tetrazole rings is 1. The Bertz CT molecular complexity index is 587. The van der Waals surface area contributed by atoms with Crippen molar-refractivity contribution in [1.82, 2.24) is 25.5 Å². The van der Waals surface area contributed by atoms with Gasteiger partial charge in [-0.15, -0.1) is 5.10 Å². The Hall–Kier alpha value is -2.03. The first-order valence-electron chi connectivity index (χ1n) is 5.87. The van der Waals surface area contributed by atoms with Gasteiger partial charge < -0.3 is 5.32 Å². The van der Waals surface area contributed by atoms with E-state index in [0.717, 1.165) is 6.42 Å². The van der Waals surface area contributed by atoms with Gasteiger partial charge in [-0.1, -0.05) is 6.92 Å². The summed E-state index contributed by atoms with van der Waals surface area (Å²) >= 11 is 0. The average Bonchev–Trinajstić information content (AvgIpc) is 2.86. The second kappa shape index (κ2) is 5.95. The summed E-state index contributed by atoms with van der Waals surface area (Å²) in [4.78, 5) is 0. The highest BCUT2D eigenvalue weighted by Crippen LogP contribution is 2.22. The molecule has 2 aromatic rings. The van der Waals surface area contributed by atoms with E-state index in [1.165, 1.54) is 0 Å². The summed E-state index contributed by atoms with van der Waals surface area (Å²) in [6.07, 6.45) is 0.832. The van der Waals surface area contributed by atoms with Crippen LogP contribution in [0.1, 0.15) is 19.2 Å². The lowest BCUT2D eigenvalue weighted by Crippen LogP contribution is -2.19. The number of halogens is 4. The van der Waals surface area contributed by atoms with Crippen LogP contribution in [0.15, 0.2) is 6.07 Å². The first-order valence-corrected chi connectivity index (χ1v) is 5.87. The molecule has 0 bridgehead atoms. The smallest absolute Gasteiger partial charge is 0.187 e. The summed E-state index contributed by atoms with van der Waals surface area (Å²) in [7, 11) is 0.